The van der Waals surface area contributed by atoms with Crippen LogP contribution >= 0.6 is 8.53 Å². The lowest BCUT2D eigenvalue weighted by Gasteiger charge is -2.38. The van der Waals surface area contributed by atoms with Crippen LogP contribution in [0.2, 0.25) is 0 Å². The van der Waals surface area contributed by atoms with E-state index in [1.54, 1.807) is 0 Å². The van der Waals surface area contributed by atoms with Crippen molar-refractivity contribution in [3.8, 4) is 0 Å². The Morgan fingerprint density at radius 2 is 2.05 bits per heavy atom. The van der Waals surface area contributed by atoms with Gasteiger partial charge >= 0.3 is 5.69 Å². The molecule has 1 saturated heterocycles. The van der Waals surface area contributed by atoms with Gasteiger partial charge in [0.05, 0.1) is 12.7 Å². The number of carbonyl (C=O) groups is 1. The number of halogens is 1. The summed E-state index contributed by atoms with van der Waals surface area (Å²) in [5.74, 6) is 0.163. The van der Waals surface area contributed by atoms with Gasteiger partial charge in [0.2, 0.25) is 7.34 Å². The normalized spacial score (nSPS) is 26.0. The van der Waals surface area contributed by atoms with Crippen LogP contribution in [0.5, 0.6) is 0 Å². The molecule has 37 heavy (non-hydrogen) atoms. The molecule has 1 aliphatic heterocycles. The highest BCUT2D eigenvalue weighted by Gasteiger charge is 2.48. The zero-order chi connectivity index (χ0) is 29.1. The smallest absolute Gasteiger partial charge is 0.351 e. The van der Waals surface area contributed by atoms with E-state index in [9.17, 15) is 9.59 Å². The number of nitrogens with zero attached hydrogens (tertiary/aromatic N) is 3. The van der Waals surface area contributed by atoms with Crippen molar-refractivity contribution in [2.24, 2.45) is 5.92 Å². The van der Waals surface area contributed by atoms with Crippen LogP contribution < -0.4 is 11.0 Å². The average molecular weight is 550 g/mol. The van der Waals surface area contributed by atoms with Crippen LogP contribution in [-0.2, 0) is 18.6 Å². The van der Waals surface area contributed by atoms with Gasteiger partial charge in [0, 0.05) is 33.7 Å². The van der Waals surface area contributed by atoms with Crippen molar-refractivity contribution in [2.75, 3.05) is 19.0 Å². The Morgan fingerprint density at radius 1 is 1.41 bits per heavy atom. The second kappa shape index (κ2) is 15.2. The predicted octanol–water partition coefficient (Wildman–Crippen LogP) is 4.39. The minimum absolute atomic E-state index is 0.0751. The molecule has 10 nitrogen and oxygen atoms in total. The molecule has 2 heterocycles. The fourth-order valence-corrected chi connectivity index (χ4v) is 6.51. The lowest BCUT2D eigenvalue weighted by atomic mass is 9.90. The van der Waals surface area contributed by atoms with E-state index < -0.39 is 38.8 Å². The molecule has 2 fully saturated rings. The average Bonchev–Trinajstić information content (AvgIpc) is 3.17. The first-order valence-corrected chi connectivity index (χ1v) is 14.0. The number of anilines is 1. The second-order valence-corrected chi connectivity index (χ2v) is 11.3. The van der Waals surface area contributed by atoms with Gasteiger partial charge in [-0.05, 0) is 59.4 Å². The molecule has 12 heteroatoms. The van der Waals surface area contributed by atoms with E-state index in [0.717, 1.165) is 17.4 Å². The second-order valence-electron chi connectivity index (χ2n) is 9.87. The number of hydrogen-bond acceptors (Lipinski definition) is 8. The van der Waals surface area contributed by atoms with Crippen molar-refractivity contribution in [1.82, 2.24) is 14.2 Å². The molecule has 5 unspecified atom stereocenters. The lowest BCUT2D eigenvalue weighted by Crippen LogP contribution is -2.38. The topological polar surface area (TPSA) is 115 Å². The summed E-state index contributed by atoms with van der Waals surface area (Å²) in [5, 5.41) is 5.93. The van der Waals surface area contributed by atoms with Gasteiger partial charge in [-0.15, -0.1) is 0 Å². The molecular weight excluding hydrogens is 502 g/mol. The van der Waals surface area contributed by atoms with Gasteiger partial charge < -0.3 is 24.2 Å². The van der Waals surface area contributed by atoms with Crippen LogP contribution in [0, 0.1) is 5.92 Å². The number of rotatable bonds is 10. The van der Waals surface area contributed by atoms with Gasteiger partial charge in [-0.25, -0.2) is 13.9 Å². The van der Waals surface area contributed by atoms with Crippen molar-refractivity contribution >= 4 is 20.3 Å². The molecule has 1 amide bonds. The maximum absolute atomic E-state index is 15.8. The first kappa shape index (κ1) is 28.5. The van der Waals surface area contributed by atoms with Gasteiger partial charge in [-0.1, -0.05) is 19.3 Å². The summed E-state index contributed by atoms with van der Waals surface area (Å²) in [6, 6.07) is 1.60. The van der Waals surface area contributed by atoms with E-state index >= 15 is 4.39 Å². The highest BCUT2D eigenvalue weighted by Crippen LogP contribution is 2.51. The molecule has 1 aromatic heterocycles. The monoisotopic (exact) mass is 549 g/mol. The van der Waals surface area contributed by atoms with Crippen molar-refractivity contribution in [1.29, 1.82) is 1.43 Å². The molecule has 5 atom stereocenters. The molecule has 2 aliphatic rings. The maximum Gasteiger partial charge on any atom is 0.351 e. The first-order chi connectivity index (χ1) is 18.5. The standard InChI is InChI=1S/C24H40FN4O5P.CH4O/c1-15(2)29(16(3)4)35(32-14-19-10-8-7-9-11-19)34-22-17(5)33-23(21(22)25)28-13-12-20(26-18(6)30)27-24(28)31;1-2/h12-13,15-17,19,21-23H,7-11,14H2,1-6H3,(H,26,27,30,31);2H,1H3/i5D;2T. The Kier molecular flexibility index (Phi) is 11.7. The molecule has 1 aromatic rings. The van der Waals surface area contributed by atoms with E-state index in [2.05, 4.69) is 20.1 Å². The van der Waals surface area contributed by atoms with Crippen molar-refractivity contribution < 1.29 is 29.4 Å². The van der Waals surface area contributed by atoms with Crippen LogP contribution in [0.3, 0.4) is 0 Å². The fourth-order valence-electron chi connectivity index (χ4n) is 4.65. The Balaban J connectivity index is 0.00000170. The van der Waals surface area contributed by atoms with E-state index in [1.807, 2.05) is 27.7 Å². The van der Waals surface area contributed by atoms with Gasteiger partial charge in [-0.3, -0.25) is 9.36 Å². The summed E-state index contributed by atoms with van der Waals surface area (Å²) < 4.78 is 51.1. The minimum atomic E-state index is -1.71. The van der Waals surface area contributed by atoms with Crippen LogP contribution in [-0.4, -0.2) is 70.8 Å². The summed E-state index contributed by atoms with van der Waals surface area (Å²) in [6.45, 7) is 9.82. The number of aliphatic hydroxyl groups excluding tert-OH is 1. The summed E-state index contributed by atoms with van der Waals surface area (Å²) in [5.41, 5.74) is -0.764. The number of amides is 1. The lowest BCUT2D eigenvalue weighted by molar-refractivity contribution is -0.114. The third-order valence-electron chi connectivity index (χ3n) is 6.28. The summed E-state index contributed by atoms with van der Waals surface area (Å²) in [4.78, 5) is 27.6. The number of aromatic nitrogens is 2. The quantitative estimate of drug-likeness (QED) is 0.413. The summed E-state index contributed by atoms with van der Waals surface area (Å²) in [7, 11) is -0.337. The van der Waals surface area contributed by atoms with Crippen molar-refractivity contribution in [3.63, 3.8) is 0 Å². The Labute approximate surface area is 223 Å². The molecular formula is C25H44FN4O6P. The first-order valence-electron chi connectivity index (χ1n) is 14.0. The fraction of sp³-hybridized carbons (Fsp3) is 0.800. The molecule has 1 aliphatic carbocycles. The van der Waals surface area contributed by atoms with Crippen molar-refractivity contribution in [3.05, 3.63) is 22.7 Å². The van der Waals surface area contributed by atoms with Crippen molar-refractivity contribution in [2.45, 2.75) is 110 Å². The number of aliphatic hydroxyl groups is 1. The molecule has 0 radical (unpaired) electrons. The molecule has 212 valence electrons. The zero-order valence-electron chi connectivity index (χ0n) is 24.8. The molecule has 3 rings (SSSR count). The number of nitrogens with one attached hydrogen (secondary N) is 1. The molecule has 0 spiro atoms. The minimum Gasteiger partial charge on any atom is -0.400 e. The van der Waals surface area contributed by atoms with Gasteiger partial charge in [0.1, 0.15) is 11.9 Å². The number of hydrogen-bond donors (Lipinski definition) is 2. The molecule has 1 saturated carbocycles. The van der Waals surface area contributed by atoms with Crippen LogP contribution in [0.1, 0.15) is 81.2 Å². The van der Waals surface area contributed by atoms with Crippen LogP contribution in [0.15, 0.2) is 17.1 Å². The van der Waals surface area contributed by atoms with Crippen LogP contribution in [0.25, 0.3) is 0 Å². The third kappa shape index (κ3) is 8.76. The maximum atomic E-state index is 15.8. The van der Waals surface area contributed by atoms with E-state index in [4.69, 9.17) is 16.6 Å². The van der Waals surface area contributed by atoms with Gasteiger partial charge in [0.25, 0.3) is 8.53 Å². The Bertz CT molecular complexity index is 932. The highest BCUT2D eigenvalue weighted by atomic mass is 31.2. The van der Waals surface area contributed by atoms with E-state index in [1.165, 1.54) is 45.6 Å². The molecule has 0 bridgehead atoms. The molecule has 2 N–H and O–H groups in total. The SMILES string of the molecule is [2H]CC1OC(n2ccc(NC(C)=O)nc2=O)C(F)C1OP(OCC1CCCCC1)N(C(C)C)C(C)C.[3H]OC. The summed E-state index contributed by atoms with van der Waals surface area (Å²) in [6.07, 6.45) is 2.25. The highest BCUT2D eigenvalue weighted by molar-refractivity contribution is 7.44. The number of alkyl halides is 1. The van der Waals surface area contributed by atoms with Gasteiger partial charge in [-0.2, -0.15) is 4.98 Å². The Hall–Kier alpha value is -1.49. The Morgan fingerprint density at radius 3 is 2.59 bits per heavy atom. The zero-order valence-corrected chi connectivity index (χ0v) is 23.7. The molecule has 0 aromatic carbocycles. The van der Waals surface area contributed by atoms with E-state index in [0.29, 0.717) is 12.5 Å². The summed E-state index contributed by atoms with van der Waals surface area (Å²) >= 11 is 0. The largest absolute Gasteiger partial charge is 0.400 e. The van der Waals surface area contributed by atoms with Gasteiger partial charge in [0.15, 0.2) is 12.4 Å². The third-order valence-corrected chi connectivity index (χ3v) is 8.37. The van der Waals surface area contributed by atoms with Crippen LogP contribution in [0.4, 0.5) is 10.2 Å². The van der Waals surface area contributed by atoms with E-state index in [-0.39, 0.29) is 30.7 Å². The predicted molar refractivity (Wildman–Crippen MR) is 142 cm³/mol. The number of ether oxygens (including phenoxy) is 1. The number of carbonyl (C=O) groups excluding carboxylic acids is 1.